The van der Waals surface area contributed by atoms with Gasteiger partial charge in [0.05, 0.1) is 22.7 Å². The summed E-state index contributed by atoms with van der Waals surface area (Å²) in [6.07, 6.45) is 0. The third-order valence-corrected chi connectivity index (χ3v) is 6.45. The molecule has 7 nitrogen and oxygen atoms in total. The number of hydrogen-bond donors (Lipinski definition) is 3. The van der Waals surface area contributed by atoms with Crippen LogP contribution in [-0.2, 0) is 0 Å². The Labute approximate surface area is 177 Å². The predicted octanol–water partition coefficient (Wildman–Crippen LogP) is 3.49. The number of phenols is 1. The lowest BCUT2D eigenvalue weighted by atomic mass is 10.0. The first-order valence-electron chi connectivity index (χ1n) is 9.82. The van der Waals surface area contributed by atoms with Crippen LogP contribution in [0.1, 0.15) is 27.0 Å². The third-order valence-electron chi connectivity index (χ3n) is 5.47. The van der Waals surface area contributed by atoms with E-state index in [2.05, 4.69) is 26.6 Å². The van der Waals surface area contributed by atoms with Crippen molar-refractivity contribution in [3.63, 3.8) is 0 Å². The van der Waals surface area contributed by atoms with Gasteiger partial charge in [-0.15, -0.1) is 11.3 Å². The lowest BCUT2D eigenvalue weighted by Crippen LogP contribution is -2.48. The average Bonchev–Trinajstić information content (AvgIpc) is 3.44. The first kappa shape index (κ1) is 18.8. The number of pyridine rings is 1. The zero-order valence-corrected chi connectivity index (χ0v) is 17.2. The number of carbonyl (C=O) groups excluding carboxylic acids is 1. The summed E-state index contributed by atoms with van der Waals surface area (Å²) in [4.78, 5) is 21.6. The maximum Gasteiger partial charge on any atom is 0.255 e. The van der Waals surface area contributed by atoms with Crippen molar-refractivity contribution in [2.75, 3.05) is 19.6 Å². The highest BCUT2D eigenvalue weighted by atomic mass is 32.1. The van der Waals surface area contributed by atoms with E-state index >= 15 is 0 Å². The van der Waals surface area contributed by atoms with Crippen molar-refractivity contribution in [1.29, 1.82) is 0 Å². The van der Waals surface area contributed by atoms with Crippen molar-refractivity contribution in [3.05, 3.63) is 64.0 Å². The van der Waals surface area contributed by atoms with E-state index < -0.39 is 0 Å². The first-order valence-corrected chi connectivity index (χ1v) is 10.7. The summed E-state index contributed by atoms with van der Waals surface area (Å²) < 4.78 is 0. The van der Waals surface area contributed by atoms with Gasteiger partial charge in [0, 0.05) is 35.8 Å². The topological polar surface area (TPSA) is 94.1 Å². The van der Waals surface area contributed by atoms with Crippen LogP contribution in [0.25, 0.3) is 22.3 Å². The van der Waals surface area contributed by atoms with Gasteiger partial charge in [0.15, 0.2) is 5.65 Å². The number of aromatic amines is 1. The highest BCUT2D eigenvalue weighted by molar-refractivity contribution is 7.10. The van der Waals surface area contributed by atoms with Gasteiger partial charge in [0.2, 0.25) is 0 Å². The number of fused-ring (bicyclic) bond motifs is 1. The van der Waals surface area contributed by atoms with Crippen LogP contribution in [-0.4, -0.2) is 50.7 Å². The highest BCUT2D eigenvalue weighted by Gasteiger charge is 2.31. The van der Waals surface area contributed by atoms with Crippen LogP contribution < -0.4 is 5.32 Å². The quantitative estimate of drug-likeness (QED) is 0.473. The Hall–Kier alpha value is -3.23. The van der Waals surface area contributed by atoms with Gasteiger partial charge < -0.3 is 15.3 Å². The van der Waals surface area contributed by atoms with E-state index in [1.165, 1.54) is 4.88 Å². The molecule has 0 radical (unpaired) electrons. The fourth-order valence-corrected chi connectivity index (χ4v) is 4.80. The molecular weight excluding hydrogens is 398 g/mol. The number of nitrogens with zero attached hydrogens (tertiary/aromatic N) is 3. The molecule has 1 aliphatic rings. The molecule has 3 N–H and O–H groups in total. The molecule has 1 fully saturated rings. The minimum atomic E-state index is -0.0215. The van der Waals surface area contributed by atoms with E-state index in [1.807, 2.05) is 29.3 Å². The van der Waals surface area contributed by atoms with Gasteiger partial charge in [-0.2, -0.15) is 5.10 Å². The SMILES string of the molecule is Cc1[nH]nc2nc(-c3ccc(O)cc3)cc(C(=O)N3CCNCC3c3cccs3)c12. The summed E-state index contributed by atoms with van der Waals surface area (Å²) in [6, 6.07) is 12.7. The van der Waals surface area contributed by atoms with Crippen LogP contribution in [0.15, 0.2) is 47.8 Å². The van der Waals surface area contributed by atoms with E-state index in [-0.39, 0.29) is 17.7 Å². The maximum absolute atomic E-state index is 13.8. The number of nitrogens with one attached hydrogen (secondary N) is 2. The minimum Gasteiger partial charge on any atom is -0.508 e. The summed E-state index contributed by atoms with van der Waals surface area (Å²) in [5, 5.41) is 23.1. The molecule has 1 atom stereocenters. The lowest BCUT2D eigenvalue weighted by Gasteiger charge is -2.36. The number of hydrogen-bond acceptors (Lipinski definition) is 6. The summed E-state index contributed by atoms with van der Waals surface area (Å²) in [5.41, 5.74) is 3.41. The molecule has 8 heteroatoms. The molecule has 1 unspecified atom stereocenters. The molecule has 1 saturated heterocycles. The van der Waals surface area contributed by atoms with Gasteiger partial charge in [0.25, 0.3) is 5.91 Å². The number of thiophene rings is 1. The second kappa shape index (κ2) is 7.55. The van der Waals surface area contributed by atoms with Crippen LogP contribution in [0.4, 0.5) is 0 Å². The fourth-order valence-electron chi connectivity index (χ4n) is 3.96. The molecule has 152 valence electrons. The Morgan fingerprint density at radius 3 is 2.87 bits per heavy atom. The largest absolute Gasteiger partial charge is 0.508 e. The molecule has 1 aromatic carbocycles. The van der Waals surface area contributed by atoms with E-state index in [9.17, 15) is 9.90 Å². The van der Waals surface area contributed by atoms with Gasteiger partial charge >= 0.3 is 0 Å². The Kier molecular flexibility index (Phi) is 4.72. The van der Waals surface area contributed by atoms with Crippen LogP contribution in [0.5, 0.6) is 5.75 Å². The molecule has 1 aliphatic heterocycles. The van der Waals surface area contributed by atoms with E-state index in [0.29, 0.717) is 23.4 Å². The second-order valence-corrected chi connectivity index (χ2v) is 8.36. The standard InChI is InChI=1S/C22H21N5O2S/c1-13-20-16(22(29)27-9-8-23-12-18(27)19-3-2-10-30-19)11-17(24-21(20)26-25-13)14-4-6-15(28)7-5-14/h2-7,10-11,18,23,28H,8-9,12H2,1H3,(H,24,25,26). The number of amides is 1. The Morgan fingerprint density at radius 2 is 2.10 bits per heavy atom. The van der Waals surface area contributed by atoms with E-state index in [1.54, 1.807) is 35.6 Å². The molecule has 3 aromatic heterocycles. The van der Waals surface area contributed by atoms with Crippen LogP contribution >= 0.6 is 11.3 Å². The van der Waals surface area contributed by atoms with Crippen molar-refractivity contribution in [2.24, 2.45) is 0 Å². The molecule has 0 aliphatic carbocycles. The van der Waals surface area contributed by atoms with Crippen LogP contribution in [0, 0.1) is 6.92 Å². The normalized spacial score (nSPS) is 16.8. The Balaban J connectivity index is 1.62. The number of rotatable bonds is 3. The van der Waals surface area contributed by atoms with E-state index in [4.69, 9.17) is 0 Å². The average molecular weight is 420 g/mol. The Bertz CT molecular complexity index is 1200. The van der Waals surface area contributed by atoms with Crippen LogP contribution in [0.3, 0.4) is 0 Å². The molecule has 0 saturated carbocycles. The van der Waals surface area contributed by atoms with E-state index in [0.717, 1.165) is 29.7 Å². The molecule has 4 heterocycles. The second-order valence-electron chi connectivity index (χ2n) is 7.38. The third kappa shape index (κ3) is 3.24. The number of piperazine rings is 1. The van der Waals surface area contributed by atoms with Crippen LogP contribution in [0.2, 0.25) is 0 Å². The maximum atomic E-state index is 13.8. The summed E-state index contributed by atoms with van der Waals surface area (Å²) >= 11 is 1.67. The monoisotopic (exact) mass is 419 g/mol. The van der Waals surface area contributed by atoms with Crippen molar-refractivity contribution < 1.29 is 9.90 Å². The Morgan fingerprint density at radius 1 is 1.27 bits per heavy atom. The molecular formula is C22H21N5O2S. The molecule has 1 amide bonds. The zero-order chi connectivity index (χ0) is 20.7. The minimum absolute atomic E-state index is 0.00112. The molecule has 0 bridgehead atoms. The van der Waals surface area contributed by atoms with Crippen molar-refractivity contribution in [2.45, 2.75) is 13.0 Å². The van der Waals surface area contributed by atoms with Gasteiger partial charge in [-0.25, -0.2) is 4.98 Å². The van der Waals surface area contributed by atoms with Gasteiger partial charge in [-0.05, 0) is 48.7 Å². The predicted molar refractivity (Wildman–Crippen MR) is 117 cm³/mol. The molecule has 4 aromatic rings. The molecule has 5 rings (SSSR count). The number of aromatic hydroxyl groups is 1. The number of phenolic OH excluding ortho intramolecular Hbond substituents is 1. The molecule has 30 heavy (non-hydrogen) atoms. The van der Waals surface area contributed by atoms with Gasteiger partial charge in [-0.1, -0.05) is 6.07 Å². The number of benzene rings is 1. The lowest BCUT2D eigenvalue weighted by molar-refractivity contribution is 0.0640. The summed E-state index contributed by atoms with van der Waals surface area (Å²) in [7, 11) is 0. The fraction of sp³-hybridized carbons (Fsp3) is 0.227. The van der Waals surface area contributed by atoms with Crippen molar-refractivity contribution >= 4 is 28.3 Å². The van der Waals surface area contributed by atoms with Crippen molar-refractivity contribution in [3.8, 4) is 17.0 Å². The molecule has 0 spiro atoms. The van der Waals surface area contributed by atoms with Crippen molar-refractivity contribution in [1.82, 2.24) is 25.4 Å². The highest BCUT2D eigenvalue weighted by Crippen LogP contribution is 2.32. The number of carbonyl (C=O) groups is 1. The summed E-state index contributed by atoms with van der Waals surface area (Å²) in [6.45, 7) is 4.03. The number of aromatic nitrogens is 3. The number of aryl methyl sites for hydroxylation is 1. The smallest absolute Gasteiger partial charge is 0.255 e. The van der Waals surface area contributed by atoms with Gasteiger partial charge in [-0.3, -0.25) is 9.89 Å². The summed E-state index contributed by atoms with van der Waals surface area (Å²) in [5.74, 6) is 0.165. The first-order chi connectivity index (χ1) is 14.6. The van der Waals surface area contributed by atoms with Gasteiger partial charge in [0.1, 0.15) is 5.75 Å². The number of H-pyrrole nitrogens is 1. The zero-order valence-electron chi connectivity index (χ0n) is 16.4.